The molecule has 19 heavy (non-hydrogen) atoms. The number of amidine groups is 1. The van der Waals surface area contributed by atoms with E-state index in [1.165, 1.54) is 34.9 Å². The Morgan fingerprint density at radius 2 is 1.84 bits per heavy atom. The van der Waals surface area contributed by atoms with Crippen molar-refractivity contribution in [1.82, 2.24) is 5.32 Å². The molecule has 2 aliphatic rings. The van der Waals surface area contributed by atoms with Gasteiger partial charge >= 0.3 is 0 Å². The number of aliphatic imine (C=N–C) groups is 1. The number of nitrogens with one attached hydrogen (secondary N) is 1. The third-order valence-corrected chi connectivity index (χ3v) is 5.72. The zero-order chi connectivity index (χ0) is 13.3. The third kappa shape index (κ3) is 2.53. The average molecular weight is 274 g/mol. The third-order valence-electron chi connectivity index (χ3n) is 4.54. The van der Waals surface area contributed by atoms with Gasteiger partial charge in [0.05, 0.1) is 6.04 Å². The van der Waals surface area contributed by atoms with E-state index in [1.54, 1.807) is 0 Å². The zero-order valence-corrected chi connectivity index (χ0v) is 12.6. The summed E-state index contributed by atoms with van der Waals surface area (Å²) in [4.78, 5) is 4.95. The Kier molecular flexibility index (Phi) is 3.57. The monoisotopic (exact) mass is 274 g/mol. The Morgan fingerprint density at radius 1 is 1.21 bits per heavy atom. The molecule has 3 heteroatoms. The van der Waals surface area contributed by atoms with Crippen LogP contribution in [0.15, 0.2) is 29.3 Å². The summed E-state index contributed by atoms with van der Waals surface area (Å²) in [6.45, 7) is 4.54. The minimum Gasteiger partial charge on any atom is -0.359 e. The van der Waals surface area contributed by atoms with Crippen LogP contribution >= 0.6 is 11.8 Å². The van der Waals surface area contributed by atoms with Crippen LogP contribution in [0.25, 0.3) is 0 Å². The van der Waals surface area contributed by atoms with E-state index < -0.39 is 0 Å². The highest BCUT2D eigenvalue weighted by Gasteiger charge is 2.34. The van der Waals surface area contributed by atoms with E-state index in [0.717, 1.165) is 12.8 Å². The molecule has 1 heterocycles. The fraction of sp³-hybridized carbons (Fsp3) is 0.562. The predicted octanol–water partition coefficient (Wildman–Crippen LogP) is 3.41. The molecule has 1 fully saturated rings. The molecular formula is C16H22N2S. The number of fused-ring (bicyclic) bond motifs is 1. The lowest BCUT2D eigenvalue weighted by atomic mass is 9.96. The molecule has 0 saturated carbocycles. The van der Waals surface area contributed by atoms with Gasteiger partial charge in [0, 0.05) is 11.3 Å². The van der Waals surface area contributed by atoms with Gasteiger partial charge in [-0.2, -0.15) is 0 Å². The molecule has 0 aromatic heterocycles. The molecule has 1 aromatic rings. The molecule has 0 bridgehead atoms. The first-order valence-electron chi connectivity index (χ1n) is 7.30. The zero-order valence-electron chi connectivity index (χ0n) is 11.8. The van der Waals surface area contributed by atoms with Crippen molar-refractivity contribution < 1.29 is 0 Å². The second-order valence-electron chi connectivity index (χ2n) is 5.67. The van der Waals surface area contributed by atoms with Gasteiger partial charge in [-0.1, -0.05) is 49.9 Å². The first kappa shape index (κ1) is 13.0. The van der Waals surface area contributed by atoms with Crippen molar-refractivity contribution in [2.75, 3.05) is 5.75 Å². The summed E-state index contributed by atoms with van der Waals surface area (Å²) < 4.78 is 0. The fourth-order valence-corrected chi connectivity index (χ4v) is 4.40. The number of hydrogen-bond donors (Lipinski definition) is 1. The summed E-state index contributed by atoms with van der Waals surface area (Å²) in [6.07, 6.45) is 4.57. The van der Waals surface area contributed by atoms with Crippen molar-refractivity contribution in [3.63, 3.8) is 0 Å². The Labute approximate surface area is 120 Å². The largest absolute Gasteiger partial charge is 0.359 e. The highest BCUT2D eigenvalue weighted by atomic mass is 32.2. The highest BCUT2D eigenvalue weighted by Crippen LogP contribution is 2.31. The topological polar surface area (TPSA) is 24.4 Å². The van der Waals surface area contributed by atoms with E-state index in [1.807, 2.05) is 11.8 Å². The van der Waals surface area contributed by atoms with Crippen LogP contribution < -0.4 is 5.32 Å². The Balaban J connectivity index is 1.69. The molecule has 0 spiro atoms. The van der Waals surface area contributed by atoms with Crippen molar-refractivity contribution in [3.05, 3.63) is 35.4 Å². The van der Waals surface area contributed by atoms with Crippen LogP contribution in [-0.4, -0.2) is 22.5 Å². The van der Waals surface area contributed by atoms with Gasteiger partial charge in [-0.05, 0) is 36.8 Å². The van der Waals surface area contributed by atoms with Crippen LogP contribution in [0.2, 0.25) is 0 Å². The van der Waals surface area contributed by atoms with Crippen LogP contribution in [-0.2, 0) is 12.8 Å². The molecule has 0 radical (unpaired) electrons. The molecule has 1 aliphatic carbocycles. The predicted molar refractivity (Wildman–Crippen MR) is 84.0 cm³/mol. The van der Waals surface area contributed by atoms with Gasteiger partial charge in [-0.25, -0.2) is 0 Å². The molecule has 1 aromatic carbocycles. The first-order chi connectivity index (χ1) is 9.24. The molecule has 102 valence electrons. The van der Waals surface area contributed by atoms with Crippen LogP contribution in [0, 0.1) is 0 Å². The summed E-state index contributed by atoms with van der Waals surface area (Å²) in [6, 6.07) is 9.20. The number of benzene rings is 1. The van der Waals surface area contributed by atoms with Crippen molar-refractivity contribution >= 4 is 16.9 Å². The Morgan fingerprint density at radius 3 is 2.37 bits per heavy atom. The van der Waals surface area contributed by atoms with E-state index in [4.69, 9.17) is 4.99 Å². The van der Waals surface area contributed by atoms with Gasteiger partial charge in [0.1, 0.15) is 0 Å². The average Bonchev–Trinajstić information content (AvgIpc) is 3.03. The summed E-state index contributed by atoms with van der Waals surface area (Å²) in [5.41, 5.74) is 3.25. The highest BCUT2D eigenvalue weighted by molar-refractivity contribution is 8.14. The smallest absolute Gasteiger partial charge is 0.157 e. The number of nitrogens with zero attached hydrogens (tertiary/aromatic N) is 1. The van der Waals surface area contributed by atoms with Gasteiger partial charge in [-0.15, -0.1) is 0 Å². The van der Waals surface area contributed by atoms with Crippen molar-refractivity contribution in [2.24, 2.45) is 4.99 Å². The van der Waals surface area contributed by atoms with E-state index in [9.17, 15) is 0 Å². The minimum absolute atomic E-state index is 0.287. The Bertz CT molecular complexity index is 466. The standard InChI is InChI=1S/C16H22N2S/c1-3-16(4-2)11-19-15(18-16)17-14-9-12-7-5-6-8-13(12)10-14/h5-8,14H,3-4,9-11H2,1-2H3,(H,17,18). The lowest BCUT2D eigenvalue weighted by Crippen LogP contribution is -2.42. The molecule has 0 atom stereocenters. The van der Waals surface area contributed by atoms with Gasteiger partial charge in [0.15, 0.2) is 5.17 Å². The maximum atomic E-state index is 4.95. The maximum Gasteiger partial charge on any atom is 0.157 e. The van der Waals surface area contributed by atoms with Crippen LogP contribution in [0.4, 0.5) is 0 Å². The number of thioether (sulfide) groups is 1. The molecule has 3 rings (SSSR count). The van der Waals surface area contributed by atoms with E-state index in [-0.39, 0.29) is 5.54 Å². The quantitative estimate of drug-likeness (QED) is 0.913. The second-order valence-corrected chi connectivity index (χ2v) is 6.63. The van der Waals surface area contributed by atoms with Gasteiger partial charge in [-0.3, -0.25) is 4.99 Å². The SMILES string of the molecule is CCC1(CC)CSC(=NC2Cc3ccccc3C2)N1. The lowest BCUT2D eigenvalue weighted by Gasteiger charge is -2.25. The van der Waals surface area contributed by atoms with Crippen molar-refractivity contribution in [2.45, 2.75) is 51.1 Å². The maximum absolute atomic E-state index is 4.95. The summed E-state index contributed by atoms with van der Waals surface area (Å²) in [5.74, 6) is 1.17. The van der Waals surface area contributed by atoms with Crippen molar-refractivity contribution in [3.8, 4) is 0 Å². The number of hydrogen-bond acceptors (Lipinski definition) is 2. The van der Waals surface area contributed by atoms with Crippen LogP contribution in [0.5, 0.6) is 0 Å². The Hall–Kier alpha value is -0.960. The summed E-state index contributed by atoms with van der Waals surface area (Å²) >= 11 is 1.90. The van der Waals surface area contributed by atoms with E-state index in [2.05, 4.69) is 43.4 Å². The number of rotatable bonds is 3. The van der Waals surface area contributed by atoms with Gasteiger partial charge in [0.2, 0.25) is 0 Å². The fourth-order valence-electron chi connectivity index (χ4n) is 3.00. The molecule has 1 N–H and O–H groups in total. The van der Waals surface area contributed by atoms with E-state index >= 15 is 0 Å². The second kappa shape index (κ2) is 5.20. The molecule has 1 saturated heterocycles. The summed E-state index contributed by atoms with van der Waals surface area (Å²) in [7, 11) is 0. The summed E-state index contributed by atoms with van der Waals surface area (Å²) in [5, 5.41) is 4.84. The van der Waals surface area contributed by atoms with Crippen LogP contribution in [0.3, 0.4) is 0 Å². The lowest BCUT2D eigenvalue weighted by molar-refractivity contribution is 0.407. The molecule has 2 nitrogen and oxygen atoms in total. The van der Waals surface area contributed by atoms with E-state index in [0.29, 0.717) is 6.04 Å². The minimum atomic E-state index is 0.287. The normalized spacial score (nSPS) is 23.6. The molecule has 1 aliphatic heterocycles. The molecular weight excluding hydrogens is 252 g/mol. The molecule has 0 unspecified atom stereocenters. The van der Waals surface area contributed by atoms with Gasteiger partial charge < -0.3 is 5.32 Å². The molecule has 0 amide bonds. The van der Waals surface area contributed by atoms with Crippen molar-refractivity contribution in [1.29, 1.82) is 0 Å². The first-order valence-corrected chi connectivity index (χ1v) is 8.29. The van der Waals surface area contributed by atoms with Crippen LogP contribution in [0.1, 0.15) is 37.8 Å². The van der Waals surface area contributed by atoms with Gasteiger partial charge in [0.25, 0.3) is 0 Å².